The monoisotopic (exact) mass is 563 g/mol. The predicted octanol–water partition coefficient (Wildman–Crippen LogP) is 3.80. The fraction of sp³-hybridized carbons (Fsp3) is 0.500. The van der Waals surface area contributed by atoms with Crippen molar-refractivity contribution in [3.8, 4) is 0 Å². The molecule has 2 N–H and O–H groups in total. The molecule has 0 amide bonds. The molecule has 0 aromatic heterocycles. The number of aliphatic hydroxyl groups is 1. The van der Waals surface area contributed by atoms with E-state index in [1.165, 1.54) is 16.9 Å². The van der Waals surface area contributed by atoms with Crippen LogP contribution in [-0.2, 0) is 6.54 Å². The van der Waals surface area contributed by atoms with Crippen molar-refractivity contribution >= 4 is 41.3 Å². The minimum absolute atomic E-state index is 0. The zero-order valence-electron chi connectivity index (χ0n) is 19.7. The molecule has 2 aliphatic rings. The molecule has 2 fully saturated rings. The first-order chi connectivity index (χ1) is 15.8. The van der Waals surface area contributed by atoms with Crippen molar-refractivity contribution in [3.05, 3.63) is 60.2 Å². The second-order valence-electron chi connectivity index (χ2n) is 8.76. The Morgan fingerprint density at radius 2 is 1.48 bits per heavy atom. The fourth-order valence-corrected chi connectivity index (χ4v) is 4.59. The van der Waals surface area contributed by atoms with Gasteiger partial charge in [0, 0.05) is 63.8 Å². The Morgan fingerprint density at radius 3 is 2.09 bits per heavy atom. The number of piperidine rings is 1. The lowest BCUT2D eigenvalue weighted by atomic mass is 9.97. The normalized spacial score (nSPS) is 17.6. The molecule has 2 aliphatic heterocycles. The van der Waals surface area contributed by atoms with Crippen molar-refractivity contribution in [3.63, 3.8) is 0 Å². The Kier molecular flexibility index (Phi) is 10.1. The lowest BCUT2D eigenvalue weighted by Crippen LogP contribution is -2.52. The molecule has 0 unspecified atom stereocenters. The molecular weight excluding hydrogens is 525 g/mol. The summed E-state index contributed by atoms with van der Waals surface area (Å²) in [5, 5.41) is 12.8. The molecule has 2 heterocycles. The molecule has 0 saturated carbocycles. The highest BCUT2D eigenvalue weighted by molar-refractivity contribution is 14.0. The zero-order chi connectivity index (χ0) is 22.2. The first kappa shape index (κ1) is 25.6. The second-order valence-corrected chi connectivity index (χ2v) is 8.76. The third-order valence-electron chi connectivity index (χ3n) is 6.62. The van der Waals surface area contributed by atoms with Crippen molar-refractivity contribution in [1.82, 2.24) is 10.2 Å². The van der Waals surface area contributed by atoms with Gasteiger partial charge in [0.15, 0.2) is 5.96 Å². The van der Waals surface area contributed by atoms with Gasteiger partial charge in [0.2, 0.25) is 0 Å². The van der Waals surface area contributed by atoms with Gasteiger partial charge >= 0.3 is 0 Å². The van der Waals surface area contributed by atoms with Gasteiger partial charge in [-0.3, -0.25) is 0 Å². The molecule has 6 nitrogen and oxygen atoms in total. The van der Waals surface area contributed by atoms with Gasteiger partial charge in [-0.15, -0.1) is 24.0 Å². The molecule has 0 bridgehead atoms. The average Bonchev–Trinajstić information content (AvgIpc) is 2.87. The molecule has 2 aromatic rings. The van der Waals surface area contributed by atoms with Gasteiger partial charge in [-0.05, 0) is 55.5 Å². The summed E-state index contributed by atoms with van der Waals surface area (Å²) in [6.07, 6.45) is 2.15. The van der Waals surface area contributed by atoms with Crippen LogP contribution in [0.5, 0.6) is 0 Å². The molecule has 0 aliphatic carbocycles. The van der Waals surface area contributed by atoms with Crippen molar-refractivity contribution in [1.29, 1.82) is 0 Å². The van der Waals surface area contributed by atoms with Crippen LogP contribution in [0.3, 0.4) is 0 Å². The van der Waals surface area contributed by atoms with Crippen LogP contribution in [0.4, 0.5) is 11.4 Å². The number of nitrogens with zero attached hydrogens (tertiary/aromatic N) is 4. The molecule has 180 valence electrons. The van der Waals surface area contributed by atoms with Crippen LogP contribution in [0.15, 0.2) is 59.6 Å². The number of piperazine rings is 1. The summed E-state index contributed by atoms with van der Waals surface area (Å²) >= 11 is 0. The molecule has 4 rings (SSSR count). The third-order valence-corrected chi connectivity index (χ3v) is 6.62. The minimum atomic E-state index is 0. The van der Waals surface area contributed by atoms with Gasteiger partial charge in [0.1, 0.15) is 0 Å². The van der Waals surface area contributed by atoms with Gasteiger partial charge in [-0.25, -0.2) is 4.99 Å². The maximum atomic E-state index is 9.34. The molecule has 33 heavy (non-hydrogen) atoms. The number of aliphatic imine (C=N–C) groups is 1. The number of anilines is 2. The van der Waals surface area contributed by atoms with Crippen LogP contribution in [0.2, 0.25) is 0 Å². The van der Waals surface area contributed by atoms with Gasteiger partial charge in [-0.1, -0.05) is 30.3 Å². The number of guanidine groups is 1. The molecule has 7 heteroatoms. The summed E-state index contributed by atoms with van der Waals surface area (Å²) in [4.78, 5) is 12.2. The SMILES string of the molecule is CCNC(=NCc1ccc(N2CCC(CO)CC2)cc1)N1CCN(c2ccccc2)CC1.I. The number of benzene rings is 2. The van der Waals surface area contributed by atoms with E-state index in [0.29, 0.717) is 19.1 Å². The van der Waals surface area contributed by atoms with Crippen LogP contribution in [0, 0.1) is 5.92 Å². The topological polar surface area (TPSA) is 54.3 Å². The van der Waals surface area contributed by atoms with Crippen LogP contribution >= 0.6 is 24.0 Å². The number of hydrogen-bond donors (Lipinski definition) is 2. The molecule has 0 radical (unpaired) electrons. The van der Waals surface area contributed by atoms with E-state index in [0.717, 1.165) is 64.6 Å². The Labute approximate surface area is 215 Å². The van der Waals surface area contributed by atoms with Crippen LogP contribution in [-0.4, -0.2) is 68.4 Å². The Morgan fingerprint density at radius 1 is 0.879 bits per heavy atom. The predicted molar refractivity (Wildman–Crippen MR) is 149 cm³/mol. The summed E-state index contributed by atoms with van der Waals surface area (Å²) in [5.41, 5.74) is 3.81. The van der Waals surface area contributed by atoms with Gasteiger partial charge in [0.05, 0.1) is 6.54 Å². The average molecular weight is 564 g/mol. The third kappa shape index (κ3) is 6.99. The largest absolute Gasteiger partial charge is 0.396 e. The first-order valence-electron chi connectivity index (χ1n) is 12.0. The van der Waals surface area contributed by atoms with Gasteiger partial charge < -0.3 is 25.1 Å². The van der Waals surface area contributed by atoms with Gasteiger partial charge in [0.25, 0.3) is 0 Å². The highest BCUT2D eigenvalue weighted by Gasteiger charge is 2.20. The summed E-state index contributed by atoms with van der Waals surface area (Å²) in [5.74, 6) is 1.48. The van der Waals surface area contributed by atoms with Crippen molar-refractivity contribution in [2.45, 2.75) is 26.3 Å². The molecular formula is C26H38IN5O. The number of para-hydroxylation sites is 1. The lowest BCUT2D eigenvalue weighted by molar-refractivity contribution is 0.203. The summed E-state index contributed by atoms with van der Waals surface area (Å²) in [6, 6.07) is 19.5. The second kappa shape index (κ2) is 13.0. The number of halogens is 1. The summed E-state index contributed by atoms with van der Waals surface area (Å²) in [6.45, 7) is 10.0. The summed E-state index contributed by atoms with van der Waals surface area (Å²) < 4.78 is 0. The highest BCUT2D eigenvalue weighted by Crippen LogP contribution is 2.23. The van der Waals surface area contributed by atoms with Crippen molar-refractivity contribution in [2.75, 3.05) is 62.2 Å². The minimum Gasteiger partial charge on any atom is -0.396 e. The molecule has 2 aromatic carbocycles. The van der Waals surface area contributed by atoms with E-state index >= 15 is 0 Å². The zero-order valence-corrected chi connectivity index (χ0v) is 22.0. The quantitative estimate of drug-likeness (QED) is 0.318. The first-order valence-corrected chi connectivity index (χ1v) is 12.0. The van der Waals surface area contributed by atoms with Crippen molar-refractivity contribution in [2.24, 2.45) is 10.9 Å². The van der Waals surface area contributed by atoms with E-state index < -0.39 is 0 Å². The Hall–Kier alpha value is -2.00. The Bertz CT molecular complexity index is 845. The maximum Gasteiger partial charge on any atom is 0.194 e. The maximum absolute atomic E-state index is 9.34. The standard InChI is InChI=1S/C26H37N5O.HI/c1-2-27-26(31-18-16-30(17-19-31)24-6-4-3-5-7-24)28-20-22-8-10-25(11-9-22)29-14-12-23(21-32)13-15-29;/h3-11,23,32H,2,12-21H2,1H3,(H,27,28);1H. The number of aliphatic hydroxyl groups excluding tert-OH is 1. The van der Waals surface area contributed by atoms with Gasteiger partial charge in [-0.2, -0.15) is 0 Å². The van der Waals surface area contributed by atoms with Crippen LogP contribution < -0.4 is 15.1 Å². The highest BCUT2D eigenvalue weighted by atomic mass is 127. The van der Waals surface area contributed by atoms with E-state index in [2.05, 4.69) is 81.5 Å². The van der Waals surface area contributed by atoms with Crippen molar-refractivity contribution < 1.29 is 5.11 Å². The molecule has 0 spiro atoms. The van der Waals surface area contributed by atoms with Crippen LogP contribution in [0.25, 0.3) is 0 Å². The van der Waals surface area contributed by atoms with E-state index in [-0.39, 0.29) is 24.0 Å². The van der Waals surface area contributed by atoms with E-state index in [4.69, 9.17) is 4.99 Å². The van der Waals surface area contributed by atoms with E-state index in [1.807, 2.05) is 0 Å². The molecule has 2 saturated heterocycles. The summed E-state index contributed by atoms with van der Waals surface area (Å²) in [7, 11) is 0. The van der Waals surface area contributed by atoms with Crippen LogP contribution in [0.1, 0.15) is 25.3 Å². The number of nitrogens with one attached hydrogen (secondary N) is 1. The Balaban J connectivity index is 0.00000306. The van der Waals surface area contributed by atoms with E-state index in [9.17, 15) is 5.11 Å². The number of hydrogen-bond acceptors (Lipinski definition) is 4. The van der Waals surface area contributed by atoms with E-state index in [1.54, 1.807) is 0 Å². The number of rotatable bonds is 6. The molecule has 0 atom stereocenters. The smallest absolute Gasteiger partial charge is 0.194 e. The lowest BCUT2D eigenvalue weighted by Gasteiger charge is -2.37. The fourth-order valence-electron chi connectivity index (χ4n) is 4.59.